The quantitative estimate of drug-likeness (QED) is 0.758. The number of hydrogen-bond donors (Lipinski definition) is 1. The molecule has 13 heavy (non-hydrogen) atoms. The first kappa shape index (κ1) is 10.3. The summed E-state index contributed by atoms with van der Waals surface area (Å²) in [5.74, 6) is 2.68. The fourth-order valence-corrected chi connectivity index (χ4v) is 1.32. The second-order valence-corrected chi connectivity index (χ2v) is 3.79. The molecule has 1 N–H and O–H groups in total. The van der Waals surface area contributed by atoms with E-state index in [1.807, 2.05) is 12.1 Å². The van der Waals surface area contributed by atoms with Gasteiger partial charge in [-0.05, 0) is 24.5 Å². The van der Waals surface area contributed by atoms with E-state index in [0.717, 1.165) is 30.8 Å². The third-order valence-corrected chi connectivity index (χ3v) is 1.91. The molecule has 0 spiro atoms. The molecular weight excluding hydrogens is 164 g/mol. The van der Waals surface area contributed by atoms with Crippen LogP contribution >= 0.6 is 0 Å². The van der Waals surface area contributed by atoms with Gasteiger partial charge < -0.3 is 9.52 Å². The van der Waals surface area contributed by atoms with Gasteiger partial charge in [0, 0.05) is 19.4 Å². The largest absolute Gasteiger partial charge is 0.466 e. The molecule has 2 nitrogen and oxygen atoms in total. The minimum atomic E-state index is 0.236. The molecule has 0 bridgehead atoms. The molecule has 0 fully saturated rings. The Balaban J connectivity index is 2.44. The maximum atomic E-state index is 8.64. The lowest BCUT2D eigenvalue weighted by molar-refractivity contribution is 0.283. The molecule has 0 saturated heterocycles. The number of aryl methyl sites for hydroxylation is 1. The highest BCUT2D eigenvalue weighted by Crippen LogP contribution is 2.13. The van der Waals surface area contributed by atoms with E-state index in [1.54, 1.807) is 0 Å². The molecule has 1 rings (SSSR count). The van der Waals surface area contributed by atoms with Crippen molar-refractivity contribution in [3.63, 3.8) is 0 Å². The summed E-state index contributed by atoms with van der Waals surface area (Å²) in [6.07, 6.45) is 2.63. The Labute approximate surface area is 79.6 Å². The van der Waals surface area contributed by atoms with Crippen molar-refractivity contribution in [2.24, 2.45) is 5.92 Å². The van der Waals surface area contributed by atoms with Gasteiger partial charge in [0.1, 0.15) is 11.5 Å². The van der Waals surface area contributed by atoms with Crippen LogP contribution in [0.4, 0.5) is 0 Å². The van der Waals surface area contributed by atoms with E-state index >= 15 is 0 Å². The molecular formula is C11H18O2. The summed E-state index contributed by atoms with van der Waals surface area (Å²) >= 11 is 0. The van der Waals surface area contributed by atoms with Crippen molar-refractivity contribution in [2.75, 3.05) is 6.61 Å². The molecule has 0 saturated carbocycles. The van der Waals surface area contributed by atoms with Crippen molar-refractivity contribution in [3.8, 4) is 0 Å². The van der Waals surface area contributed by atoms with Crippen molar-refractivity contribution in [1.82, 2.24) is 0 Å². The van der Waals surface area contributed by atoms with Crippen LogP contribution in [0.1, 0.15) is 31.8 Å². The Morgan fingerprint density at radius 1 is 1.31 bits per heavy atom. The van der Waals surface area contributed by atoms with Gasteiger partial charge in [0.15, 0.2) is 0 Å². The van der Waals surface area contributed by atoms with Crippen molar-refractivity contribution in [2.45, 2.75) is 33.1 Å². The fourth-order valence-electron chi connectivity index (χ4n) is 1.32. The zero-order chi connectivity index (χ0) is 9.68. The van der Waals surface area contributed by atoms with Crippen molar-refractivity contribution >= 4 is 0 Å². The van der Waals surface area contributed by atoms with E-state index in [1.165, 1.54) is 0 Å². The highest BCUT2D eigenvalue weighted by molar-refractivity contribution is 5.07. The molecule has 1 aromatic rings. The van der Waals surface area contributed by atoms with E-state index in [2.05, 4.69) is 13.8 Å². The second-order valence-electron chi connectivity index (χ2n) is 3.79. The highest BCUT2D eigenvalue weighted by atomic mass is 16.3. The van der Waals surface area contributed by atoms with Gasteiger partial charge in [-0.15, -0.1) is 0 Å². The summed E-state index contributed by atoms with van der Waals surface area (Å²) in [7, 11) is 0. The lowest BCUT2D eigenvalue weighted by Gasteiger charge is -1.99. The van der Waals surface area contributed by atoms with Gasteiger partial charge in [-0.25, -0.2) is 0 Å². The maximum Gasteiger partial charge on any atom is 0.104 e. The van der Waals surface area contributed by atoms with E-state index in [4.69, 9.17) is 9.52 Å². The Kier molecular flexibility index (Phi) is 4.03. The molecule has 1 heterocycles. The smallest absolute Gasteiger partial charge is 0.104 e. The van der Waals surface area contributed by atoms with E-state index in [9.17, 15) is 0 Å². The van der Waals surface area contributed by atoms with Gasteiger partial charge in [0.2, 0.25) is 0 Å². The third-order valence-electron chi connectivity index (χ3n) is 1.91. The van der Waals surface area contributed by atoms with Gasteiger partial charge >= 0.3 is 0 Å². The standard InChI is InChI=1S/C11H18O2/c1-9(2)8-11-6-5-10(13-11)4-3-7-12/h5-6,9,12H,3-4,7-8H2,1-2H3. The summed E-state index contributed by atoms with van der Waals surface area (Å²) in [4.78, 5) is 0. The molecule has 0 unspecified atom stereocenters. The monoisotopic (exact) mass is 182 g/mol. The minimum Gasteiger partial charge on any atom is -0.466 e. The Hall–Kier alpha value is -0.760. The molecule has 0 atom stereocenters. The van der Waals surface area contributed by atoms with Crippen LogP contribution in [0, 0.1) is 5.92 Å². The zero-order valence-electron chi connectivity index (χ0n) is 8.42. The van der Waals surface area contributed by atoms with Gasteiger partial charge in [0.25, 0.3) is 0 Å². The zero-order valence-corrected chi connectivity index (χ0v) is 8.42. The fraction of sp³-hybridized carbons (Fsp3) is 0.636. The van der Waals surface area contributed by atoms with Crippen LogP contribution in [0.25, 0.3) is 0 Å². The first-order valence-electron chi connectivity index (χ1n) is 4.91. The molecule has 0 amide bonds. The predicted molar refractivity (Wildman–Crippen MR) is 52.7 cm³/mol. The topological polar surface area (TPSA) is 33.4 Å². The average molecular weight is 182 g/mol. The van der Waals surface area contributed by atoms with Crippen LogP contribution < -0.4 is 0 Å². The number of hydrogen-bond acceptors (Lipinski definition) is 2. The molecule has 0 aliphatic rings. The van der Waals surface area contributed by atoms with Crippen LogP contribution in [-0.4, -0.2) is 11.7 Å². The van der Waals surface area contributed by atoms with Crippen LogP contribution in [0.2, 0.25) is 0 Å². The van der Waals surface area contributed by atoms with Gasteiger partial charge in [-0.3, -0.25) is 0 Å². The molecule has 2 heteroatoms. The Morgan fingerprint density at radius 3 is 2.62 bits per heavy atom. The number of aliphatic hydroxyl groups excluding tert-OH is 1. The van der Waals surface area contributed by atoms with E-state index in [-0.39, 0.29) is 6.61 Å². The number of aliphatic hydroxyl groups is 1. The maximum absolute atomic E-state index is 8.64. The summed E-state index contributed by atoms with van der Waals surface area (Å²) in [5, 5.41) is 8.64. The second kappa shape index (κ2) is 5.07. The molecule has 1 aromatic heterocycles. The van der Waals surface area contributed by atoms with Crippen LogP contribution in [-0.2, 0) is 12.8 Å². The van der Waals surface area contributed by atoms with Crippen molar-refractivity contribution < 1.29 is 9.52 Å². The van der Waals surface area contributed by atoms with Crippen LogP contribution in [0.5, 0.6) is 0 Å². The lowest BCUT2D eigenvalue weighted by Crippen LogP contribution is -1.91. The average Bonchev–Trinajstić information content (AvgIpc) is 2.48. The van der Waals surface area contributed by atoms with Crippen LogP contribution in [0.3, 0.4) is 0 Å². The predicted octanol–water partition coefficient (Wildman–Crippen LogP) is 2.40. The van der Waals surface area contributed by atoms with Gasteiger partial charge in [-0.1, -0.05) is 13.8 Å². The third kappa shape index (κ3) is 3.64. The van der Waals surface area contributed by atoms with E-state index in [0.29, 0.717) is 5.92 Å². The molecule has 0 radical (unpaired) electrons. The first-order chi connectivity index (χ1) is 6.22. The summed E-state index contributed by atoms with van der Waals surface area (Å²) in [6.45, 7) is 4.59. The highest BCUT2D eigenvalue weighted by Gasteiger charge is 2.03. The number of furan rings is 1. The molecule has 74 valence electrons. The minimum absolute atomic E-state index is 0.236. The SMILES string of the molecule is CC(C)Cc1ccc(CCCO)o1. The van der Waals surface area contributed by atoms with Crippen molar-refractivity contribution in [1.29, 1.82) is 0 Å². The normalized spacial score (nSPS) is 11.1. The molecule has 0 aliphatic heterocycles. The Bertz CT molecular complexity index is 238. The van der Waals surface area contributed by atoms with Crippen LogP contribution in [0.15, 0.2) is 16.5 Å². The first-order valence-corrected chi connectivity index (χ1v) is 4.91. The molecule has 0 aromatic carbocycles. The molecule has 0 aliphatic carbocycles. The summed E-state index contributed by atoms with van der Waals surface area (Å²) in [6, 6.07) is 4.04. The Morgan fingerprint density at radius 2 is 2.00 bits per heavy atom. The summed E-state index contributed by atoms with van der Waals surface area (Å²) < 4.78 is 5.59. The van der Waals surface area contributed by atoms with Crippen molar-refractivity contribution in [3.05, 3.63) is 23.7 Å². The van der Waals surface area contributed by atoms with E-state index < -0.39 is 0 Å². The van der Waals surface area contributed by atoms with Gasteiger partial charge in [-0.2, -0.15) is 0 Å². The number of rotatable bonds is 5. The lowest BCUT2D eigenvalue weighted by atomic mass is 10.1. The van der Waals surface area contributed by atoms with Gasteiger partial charge in [0.05, 0.1) is 0 Å². The summed E-state index contributed by atoms with van der Waals surface area (Å²) in [5.41, 5.74) is 0.